The molecule has 0 aliphatic carbocycles. The lowest BCUT2D eigenvalue weighted by molar-refractivity contribution is -0.295. The number of likely N-dealkylation sites (N-methyl/N-ethyl adjacent to an activating group) is 2. The molecule has 3 saturated heterocycles. The summed E-state index contributed by atoms with van der Waals surface area (Å²) in [5.74, 6) is -1.06. The maximum Gasteiger partial charge on any atom is 0.319 e. The molecule has 10 heteroatoms. The van der Waals surface area contributed by atoms with Crippen molar-refractivity contribution in [3.05, 3.63) is 0 Å². The molecule has 0 saturated carbocycles. The standard InChI is InChI=1S/C33H61N3O7/c1-21-18-33(7,40-12)28(43-29-26(37)25(34(8)9)17-22(2)42-29)23(3)27(38)31(4,5)30(39)41-20-32(6,36(11)19-21)24-13-15-35(10)16-14-24/h21-26,28-29,37H,13-20H2,1-12H3/t21-,22-,23+,25+,26-,28-,29+,32+,33-/m1/s1. The highest BCUT2D eigenvalue weighted by atomic mass is 16.7. The summed E-state index contributed by atoms with van der Waals surface area (Å²) in [6, 6.07) is -0.167. The van der Waals surface area contributed by atoms with Gasteiger partial charge in [0.2, 0.25) is 0 Å². The lowest BCUT2D eigenvalue weighted by Crippen LogP contribution is -2.59. The van der Waals surface area contributed by atoms with E-state index in [1.165, 1.54) is 0 Å². The first-order valence-electron chi connectivity index (χ1n) is 16.2. The number of nitrogens with zero attached hydrogens (tertiary/aromatic N) is 3. The van der Waals surface area contributed by atoms with Crippen LogP contribution in [0.4, 0.5) is 0 Å². The second-order valence-electron chi connectivity index (χ2n) is 15.1. The molecule has 3 aliphatic rings. The third-order valence-electron chi connectivity index (χ3n) is 10.9. The SMILES string of the molecule is CO[C@]1(C)C[C@@H](C)CN(C)[C@](C)(C2CCN(C)CC2)COC(=O)C(C)(C)C(=O)[C@H](C)[C@H]1O[C@@H]1O[C@H](C)C[C@H](N(C)C)[C@H]1O. The number of esters is 1. The Morgan fingerprint density at radius 2 is 1.63 bits per heavy atom. The number of hydrogen-bond donors (Lipinski definition) is 1. The average molecular weight is 612 g/mol. The maximum atomic E-state index is 14.2. The molecule has 43 heavy (non-hydrogen) atoms. The first kappa shape index (κ1) is 36.3. The molecule has 0 radical (unpaired) electrons. The first-order valence-corrected chi connectivity index (χ1v) is 16.2. The summed E-state index contributed by atoms with van der Waals surface area (Å²) in [7, 11) is 9.77. The van der Waals surface area contributed by atoms with Crippen molar-refractivity contribution in [3.63, 3.8) is 0 Å². The van der Waals surface area contributed by atoms with E-state index < -0.39 is 41.4 Å². The summed E-state index contributed by atoms with van der Waals surface area (Å²) in [4.78, 5) is 34.6. The molecule has 10 nitrogen and oxygen atoms in total. The van der Waals surface area contributed by atoms with Crippen LogP contribution in [0.25, 0.3) is 0 Å². The number of likely N-dealkylation sites (tertiary alicyclic amines) is 1. The van der Waals surface area contributed by atoms with Crippen LogP contribution >= 0.6 is 0 Å². The Bertz CT molecular complexity index is 955. The van der Waals surface area contributed by atoms with Crippen molar-refractivity contribution in [1.82, 2.24) is 14.7 Å². The molecule has 0 aromatic heterocycles. The zero-order chi connectivity index (χ0) is 32.5. The lowest BCUT2D eigenvalue weighted by atomic mass is 9.74. The van der Waals surface area contributed by atoms with E-state index in [9.17, 15) is 14.7 Å². The Morgan fingerprint density at radius 3 is 2.19 bits per heavy atom. The van der Waals surface area contributed by atoms with Gasteiger partial charge in [0.1, 0.15) is 18.1 Å². The van der Waals surface area contributed by atoms with Crippen LogP contribution in [0.1, 0.15) is 74.1 Å². The largest absolute Gasteiger partial charge is 0.463 e. The van der Waals surface area contributed by atoms with Gasteiger partial charge in [-0.2, -0.15) is 0 Å². The highest BCUT2D eigenvalue weighted by molar-refractivity contribution is 6.04. The Morgan fingerprint density at radius 1 is 1.02 bits per heavy atom. The molecule has 0 aromatic carbocycles. The normalized spacial score (nSPS) is 41.8. The summed E-state index contributed by atoms with van der Waals surface area (Å²) in [5.41, 5.74) is -2.71. The van der Waals surface area contributed by atoms with Crippen LogP contribution in [0.2, 0.25) is 0 Å². The quantitative estimate of drug-likeness (QED) is 0.369. The number of hydrogen-bond acceptors (Lipinski definition) is 10. The molecular formula is C33H61N3O7. The monoisotopic (exact) mass is 611 g/mol. The highest BCUT2D eigenvalue weighted by Gasteiger charge is 2.52. The maximum absolute atomic E-state index is 14.2. The number of rotatable bonds is 5. The number of ether oxygens (including phenoxy) is 4. The van der Waals surface area contributed by atoms with Gasteiger partial charge in [-0.05, 0) is 113 Å². The minimum absolute atomic E-state index is 0.147. The minimum atomic E-state index is -1.41. The van der Waals surface area contributed by atoms with Crippen LogP contribution in [0.3, 0.4) is 0 Å². The van der Waals surface area contributed by atoms with E-state index in [2.05, 4.69) is 37.7 Å². The molecule has 3 aliphatic heterocycles. The van der Waals surface area contributed by atoms with E-state index in [1.54, 1.807) is 27.9 Å². The summed E-state index contributed by atoms with van der Waals surface area (Å²) < 4.78 is 25.1. The molecule has 3 heterocycles. The van der Waals surface area contributed by atoms with E-state index in [0.29, 0.717) is 18.8 Å². The molecule has 0 bridgehead atoms. The molecule has 0 unspecified atom stereocenters. The number of aliphatic hydroxyl groups is 1. The number of piperidine rings is 1. The van der Waals surface area contributed by atoms with Crippen molar-refractivity contribution in [2.75, 3.05) is 61.5 Å². The van der Waals surface area contributed by atoms with Crippen LogP contribution in [0, 0.1) is 23.2 Å². The topological polar surface area (TPSA) is 101 Å². The van der Waals surface area contributed by atoms with E-state index in [1.807, 2.05) is 32.8 Å². The van der Waals surface area contributed by atoms with Gasteiger partial charge in [0.25, 0.3) is 0 Å². The minimum Gasteiger partial charge on any atom is -0.463 e. The summed E-state index contributed by atoms with van der Waals surface area (Å²) >= 11 is 0. The molecule has 0 spiro atoms. The smallest absolute Gasteiger partial charge is 0.319 e. The zero-order valence-corrected chi connectivity index (χ0v) is 29.0. The van der Waals surface area contributed by atoms with Crippen molar-refractivity contribution >= 4 is 11.8 Å². The number of ketones is 1. The van der Waals surface area contributed by atoms with E-state index in [-0.39, 0.29) is 36.0 Å². The van der Waals surface area contributed by atoms with Crippen molar-refractivity contribution in [2.45, 2.75) is 116 Å². The van der Waals surface area contributed by atoms with Crippen LogP contribution in [0.5, 0.6) is 0 Å². The fraction of sp³-hybridized carbons (Fsp3) is 0.939. The summed E-state index contributed by atoms with van der Waals surface area (Å²) in [6.07, 6.45) is 0.482. The number of methoxy groups -OCH3 is 1. The van der Waals surface area contributed by atoms with Gasteiger partial charge in [-0.15, -0.1) is 0 Å². The molecule has 1 N–H and O–H groups in total. The number of Topliss-reactive ketones (excluding diaryl/α,β-unsaturated/α-hetero) is 1. The Balaban J connectivity index is 2.02. The van der Waals surface area contributed by atoms with Gasteiger partial charge in [0.05, 0.1) is 23.3 Å². The second-order valence-corrected chi connectivity index (χ2v) is 15.1. The average Bonchev–Trinajstić information content (AvgIpc) is 2.94. The van der Waals surface area contributed by atoms with Gasteiger partial charge in [0.15, 0.2) is 12.1 Å². The third kappa shape index (κ3) is 7.81. The van der Waals surface area contributed by atoms with Gasteiger partial charge in [-0.1, -0.05) is 13.8 Å². The van der Waals surface area contributed by atoms with Gasteiger partial charge in [-0.3, -0.25) is 14.5 Å². The molecule has 0 aromatic rings. The molecule has 0 amide bonds. The number of cyclic esters (lactones) is 1. The predicted molar refractivity (Wildman–Crippen MR) is 167 cm³/mol. The Hall–Kier alpha value is -1.14. The molecule has 250 valence electrons. The van der Waals surface area contributed by atoms with Crippen molar-refractivity contribution in [3.8, 4) is 0 Å². The fourth-order valence-electron chi connectivity index (χ4n) is 7.71. The van der Waals surface area contributed by atoms with E-state index >= 15 is 0 Å². The summed E-state index contributed by atoms with van der Waals surface area (Å²) in [5, 5.41) is 11.3. The summed E-state index contributed by atoms with van der Waals surface area (Å²) in [6.45, 7) is 16.4. The molecular weight excluding hydrogens is 550 g/mol. The Labute approximate surface area is 260 Å². The van der Waals surface area contributed by atoms with Gasteiger partial charge in [0, 0.05) is 25.6 Å². The number of carbonyl (C=O) groups excluding carboxylic acids is 2. The molecule has 9 atom stereocenters. The zero-order valence-electron chi connectivity index (χ0n) is 29.0. The lowest BCUT2D eigenvalue weighted by Gasteiger charge is -2.48. The molecule has 3 rings (SSSR count). The van der Waals surface area contributed by atoms with Crippen LogP contribution in [-0.2, 0) is 28.5 Å². The first-order chi connectivity index (χ1) is 19.9. The van der Waals surface area contributed by atoms with Crippen LogP contribution in [-0.4, -0.2) is 135 Å². The second kappa shape index (κ2) is 14.1. The molecule has 3 fully saturated rings. The van der Waals surface area contributed by atoms with Crippen molar-refractivity contribution in [1.29, 1.82) is 0 Å². The number of carbonyl (C=O) groups is 2. The Kier molecular flexibility index (Phi) is 11.9. The predicted octanol–water partition coefficient (Wildman–Crippen LogP) is 3.05. The third-order valence-corrected chi connectivity index (χ3v) is 10.9. The van der Waals surface area contributed by atoms with Crippen LogP contribution in [0.15, 0.2) is 0 Å². The fourth-order valence-corrected chi connectivity index (χ4v) is 7.71. The van der Waals surface area contributed by atoms with Crippen molar-refractivity contribution < 1.29 is 33.6 Å². The van der Waals surface area contributed by atoms with Crippen molar-refractivity contribution in [2.24, 2.45) is 23.2 Å². The highest BCUT2D eigenvalue weighted by Crippen LogP contribution is 2.40. The van der Waals surface area contributed by atoms with Gasteiger partial charge >= 0.3 is 5.97 Å². The number of aliphatic hydroxyl groups excluding tert-OH is 1. The van der Waals surface area contributed by atoms with Gasteiger partial charge in [-0.25, -0.2) is 0 Å². The van der Waals surface area contributed by atoms with E-state index in [4.69, 9.17) is 18.9 Å². The van der Waals surface area contributed by atoms with E-state index in [0.717, 1.165) is 32.5 Å². The van der Waals surface area contributed by atoms with Gasteiger partial charge < -0.3 is 33.9 Å². The van der Waals surface area contributed by atoms with Crippen LogP contribution < -0.4 is 0 Å².